The Labute approximate surface area is 160 Å². The van der Waals surface area contributed by atoms with E-state index in [0.29, 0.717) is 23.6 Å². The predicted molar refractivity (Wildman–Crippen MR) is 102 cm³/mol. The lowest BCUT2D eigenvalue weighted by molar-refractivity contribution is 0.442. The summed E-state index contributed by atoms with van der Waals surface area (Å²) in [5.74, 6) is 0. The summed E-state index contributed by atoms with van der Waals surface area (Å²) in [5, 5.41) is 5.35. The van der Waals surface area contributed by atoms with Crippen molar-refractivity contribution in [2.24, 2.45) is 0 Å². The molecule has 0 bridgehead atoms. The van der Waals surface area contributed by atoms with Crippen molar-refractivity contribution in [1.29, 1.82) is 0 Å². The molecule has 0 saturated heterocycles. The molecule has 26 heavy (non-hydrogen) atoms. The van der Waals surface area contributed by atoms with Gasteiger partial charge in [-0.3, -0.25) is 0 Å². The Balaban J connectivity index is 1.63. The summed E-state index contributed by atoms with van der Waals surface area (Å²) in [6.07, 6.45) is 5.60. The maximum Gasteiger partial charge on any atom is 0.254 e. The average Bonchev–Trinajstić information content (AvgIpc) is 3.19. The first kappa shape index (κ1) is 17.7. The molecule has 0 aliphatic carbocycles. The summed E-state index contributed by atoms with van der Waals surface area (Å²) >= 11 is 7.55. The Bertz CT molecular complexity index is 1140. The minimum Gasteiger partial charge on any atom is -0.249 e. The fourth-order valence-corrected chi connectivity index (χ4v) is 5.77. The van der Waals surface area contributed by atoms with Crippen LogP contribution in [-0.4, -0.2) is 53.2 Å². The molecular weight excluding hydrogens is 393 g/mol. The maximum atomic E-state index is 12.7. The van der Waals surface area contributed by atoms with Crippen LogP contribution >= 0.6 is 22.9 Å². The Morgan fingerprint density at radius 3 is 2.85 bits per heavy atom. The van der Waals surface area contributed by atoms with Crippen LogP contribution in [0.3, 0.4) is 0 Å². The van der Waals surface area contributed by atoms with Gasteiger partial charge in [0, 0.05) is 30.9 Å². The zero-order valence-electron chi connectivity index (χ0n) is 13.8. The molecule has 4 heterocycles. The minimum atomic E-state index is -3.52. The van der Waals surface area contributed by atoms with Crippen LogP contribution in [0, 0.1) is 6.92 Å². The molecule has 0 aromatic carbocycles. The molecule has 0 saturated carbocycles. The van der Waals surface area contributed by atoms with E-state index in [9.17, 15) is 8.42 Å². The summed E-state index contributed by atoms with van der Waals surface area (Å²) in [7, 11) is 2.09. The Hall–Kier alpha value is -1.75. The van der Waals surface area contributed by atoms with Crippen LogP contribution in [-0.2, 0) is 10.0 Å². The third kappa shape index (κ3) is 3.07. The summed E-state index contributed by atoms with van der Waals surface area (Å²) < 4.78 is 28.7. The maximum absolute atomic E-state index is 12.7. The largest absolute Gasteiger partial charge is 0.254 e. The van der Waals surface area contributed by atoms with Gasteiger partial charge in [0.2, 0.25) is 0 Å². The van der Waals surface area contributed by atoms with Crippen molar-refractivity contribution in [3.8, 4) is 0 Å². The number of rotatable bonds is 3. The predicted octanol–water partition coefficient (Wildman–Crippen LogP) is 1.42. The monoisotopic (exact) mass is 405 g/mol. The fourth-order valence-electron chi connectivity index (χ4n) is 2.86. The zero-order chi connectivity index (χ0) is 18.5. The van der Waals surface area contributed by atoms with Crippen molar-refractivity contribution in [2.75, 3.05) is 13.1 Å². The molecule has 3 aromatic rings. The van der Waals surface area contributed by atoms with Gasteiger partial charge in [-0.2, -0.15) is 9.40 Å². The second-order valence-electron chi connectivity index (χ2n) is 5.85. The van der Waals surface area contributed by atoms with Crippen molar-refractivity contribution in [3.63, 3.8) is 0 Å². The first-order chi connectivity index (χ1) is 12.3. The highest BCUT2D eigenvalue weighted by molar-refractivity contribution is 7.91. The highest BCUT2D eigenvalue weighted by atomic mass is 35.5. The first-order valence-electron chi connectivity index (χ1n) is 7.78. The number of aromatic nitrogens is 4. The van der Waals surface area contributed by atoms with E-state index in [2.05, 4.69) is 15.1 Å². The second-order valence-corrected chi connectivity index (χ2v) is 9.66. The number of aryl methyl sites for hydroxylation is 1. The zero-order valence-corrected chi connectivity index (χ0v) is 16.1. The van der Waals surface area contributed by atoms with Crippen molar-refractivity contribution in [3.05, 3.63) is 40.1 Å². The molecule has 4 rings (SSSR count). The fraction of sp³-hybridized carbons (Fsp3) is 0.267. The van der Waals surface area contributed by atoms with Crippen molar-refractivity contribution in [1.82, 2.24) is 23.9 Å². The highest BCUT2D eigenvalue weighted by Crippen LogP contribution is 2.31. The number of sulfonamides is 1. The molecule has 0 amide bonds. The van der Waals surface area contributed by atoms with Crippen LogP contribution in [0.1, 0.15) is 17.0 Å². The van der Waals surface area contributed by atoms with Crippen molar-refractivity contribution in [2.45, 2.75) is 17.6 Å². The molecule has 11 heteroatoms. The lowest BCUT2D eigenvalue weighted by atomic mass is 10.0. The van der Waals surface area contributed by atoms with Crippen LogP contribution in [0.15, 0.2) is 28.7 Å². The van der Waals surface area contributed by atoms with Gasteiger partial charge in [0.25, 0.3) is 10.0 Å². The molecule has 3 aromatic heterocycles. The van der Waals surface area contributed by atoms with Crippen LogP contribution < -0.4 is 5.72 Å². The van der Waals surface area contributed by atoms with Crippen LogP contribution in [0.4, 0.5) is 0 Å². The molecule has 1 aliphatic rings. The van der Waals surface area contributed by atoms with E-state index in [1.54, 1.807) is 23.7 Å². The lowest BCUT2D eigenvalue weighted by Gasteiger charge is -2.25. The Kier molecular flexibility index (Phi) is 4.38. The normalized spacial score (nSPS) is 16.2. The van der Waals surface area contributed by atoms with E-state index in [4.69, 9.17) is 19.4 Å². The third-order valence-corrected chi connectivity index (χ3v) is 7.68. The first-order valence-corrected chi connectivity index (χ1v) is 10.4. The van der Waals surface area contributed by atoms with Crippen LogP contribution in [0.5, 0.6) is 0 Å². The van der Waals surface area contributed by atoms with E-state index in [1.165, 1.54) is 21.8 Å². The number of hydrogen-bond donors (Lipinski definition) is 0. The number of halogens is 1. The number of nitrogens with zero attached hydrogens (tertiary/aromatic N) is 5. The van der Waals surface area contributed by atoms with Crippen LogP contribution in [0.25, 0.3) is 11.2 Å². The van der Waals surface area contributed by atoms with E-state index in [1.807, 2.05) is 6.08 Å². The quantitative estimate of drug-likeness (QED) is 0.616. The molecular formula is C15H13BClN5O2S2. The van der Waals surface area contributed by atoms with Gasteiger partial charge in [-0.25, -0.2) is 22.9 Å². The van der Waals surface area contributed by atoms with Gasteiger partial charge in [0.1, 0.15) is 0 Å². The SMILES string of the molecule is [B]c1nc2cc(Cl)c(C3=CCN(S(=O)(=O)c4cnc(C)s4)CC3)cn2n1. The topological polar surface area (TPSA) is 80.5 Å². The Morgan fingerprint density at radius 1 is 1.38 bits per heavy atom. The summed E-state index contributed by atoms with van der Waals surface area (Å²) in [6, 6.07) is 1.70. The molecule has 0 atom stereocenters. The smallest absolute Gasteiger partial charge is 0.249 e. The summed E-state index contributed by atoms with van der Waals surface area (Å²) in [6.45, 7) is 2.44. The number of thiazole rings is 1. The molecule has 0 spiro atoms. The van der Waals surface area contributed by atoms with Gasteiger partial charge in [0.15, 0.2) is 17.7 Å². The van der Waals surface area contributed by atoms with E-state index in [0.717, 1.165) is 16.1 Å². The van der Waals surface area contributed by atoms with Gasteiger partial charge in [0.05, 0.1) is 22.0 Å². The number of fused-ring (bicyclic) bond motifs is 1. The third-order valence-electron chi connectivity index (χ3n) is 4.15. The van der Waals surface area contributed by atoms with Gasteiger partial charge < -0.3 is 0 Å². The van der Waals surface area contributed by atoms with E-state index in [-0.39, 0.29) is 16.5 Å². The van der Waals surface area contributed by atoms with Gasteiger partial charge in [-0.1, -0.05) is 17.7 Å². The van der Waals surface area contributed by atoms with E-state index < -0.39 is 10.0 Å². The number of hydrogen-bond acceptors (Lipinski definition) is 6. The van der Waals surface area contributed by atoms with Gasteiger partial charge in [-0.15, -0.1) is 11.3 Å². The van der Waals surface area contributed by atoms with Crippen LogP contribution in [0.2, 0.25) is 5.02 Å². The lowest BCUT2D eigenvalue weighted by Crippen LogP contribution is -2.34. The molecule has 1 aliphatic heterocycles. The molecule has 2 radical (unpaired) electrons. The molecule has 132 valence electrons. The molecule has 0 N–H and O–H groups in total. The Morgan fingerprint density at radius 2 is 2.19 bits per heavy atom. The average molecular weight is 406 g/mol. The standard InChI is InChI=1S/C15H13BClN5O2S2/c1-9-18-7-14(25-9)26(23,24)21-4-2-10(3-5-21)11-8-22-13(6-12(11)17)19-15(16)20-22/h2,6-8H,3-5H2,1H3. The van der Waals surface area contributed by atoms with Gasteiger partial charge >= 0.3 is 0 Å². The summed E-state index contributed by atoms with van der Waals surface area (Å²) in [5.41, 5.74) is 2.51. The minimum absolute atomic E-state index is 0.174. The van der Waals surface area contributed by atoms with E-state index >= 15 is 0 Å². The van der Waals surface area contributed by atoms with Gasteiger partial charge in [-0.05, 0) is 18.9 Å². The van der Waals surface area contributed by atoms with Crippen molar-refractivity contribution >= 4 is 57.8 Å². The second kappa shape index (κ2) is 6.45. The molecule has 0 unspecified atom stereocenters. The number of pyridine rings is 1. The highest BCUT2D eigenvalue weighted by Gasteiger charge is 2.28. The summed E-state index contributed by atoms with van der Waals surface area (Å²) in [4.78, 5) is 8.11. The molecule has 0 fully saturated rings. The van der Waals surface area contributed by atoms with Crippen molar-refractivity contribution < 1.29 is 8.42 Å². The molecule has 7 nitrogen and oxygen atoms in total.